The summed E-state index contributed by atoms with van der Waals surface area (Å²) in [5, 5.41) is 8.90. The molecular formula is C9H11BN2O. The summed E-state index contributed by atoms with van der Waals surface area (Å²) in [6.45, 7) is 2.01. The zero-order valence-corrected chi connectivity index (χ0v) is 7.40. The van der Waals surface area contributed by atoms with Crippen LogP contribution in [0.5, 0.6) is 0 Å². The molecular weight excluding hydrogens is 163 g/mol. The second-order valence-electron chi connectivity index (χ2n) is 3.21. The fourth-order valence-electron chi connectivity index (χ4n) is 1.37. The van der Waals surface area contributed by atoms with Crippen LogP contribution in [-0.4, -0.2) is 31.0 Å². The van der Waals surface area contributed by atoms with Crippen LogP contribution >= 0.6 is 0 Å². The Kier molecular flexibility index (Phi) is 2.23. The molecule has 1 saturated heterocycles. The van der Waals surface area contributed by atoms with E-state index in [1.165, 1.54) is 6.42 Å². The molecule has 1 aliphatic heterocycles. The Bertz CT molecular complexity index is 312. The fraction of sp³-hybridized carbons (Fsp3) is 0.444. The SMILES string of the molecule is [B]c1ccc(CO)nc1N1CCC1. The maximum absolute atomic E-state index is 8.90. The lowest BCUT2D eigenvalue weighted by Gasteiger charge is -2.33. The second kappa shape index (κ2) is 3.38. The first-order valence-corrected chi connectivity index (χ1v) is 4.42. The van der Waals surface area contributed by atoms with Gasteiger partial charge in [-0.3, -0.25) is 0 Å². The van der Waals surface area contributed by atoms with Gasteiger partial charge in [0.2, 0.25) is 0 Å². The maximum Gasteiger partial charge on any atom is 0.121 e. The molecule has 2 rings (SSSR count). The normalized spacial score (nSPS) is 15.6. The van der Waals surface area contributed by atoms with Crippen molar-refractivity contribution < 1.29 is 5.11 Å². The lowest BCUT2D eigenvalue weighted by molar-refractivity contribution is 0.277. The molecule has 3 nitrogen and oxygen atoms in total. The van der Waals surface area contributed by atoms with E-state index in [2.05, 4.69) is 9.88 Å². The van der Waals surface area contributed by atoms with Gasteiger partial charge in [-0.1, -0.05) is 11.5 Å². The van der Waals surface area contributed by atoms with Crippen molar-refractivity contribution in [1.82, 2.24) is 4.98 Å². The van der Waals surface area contributed by atoms with E-state index in [0.717, 1.165) is 18.9 Å². The van der Waals surface area contributed by atoms with Gasteiger partial charge in [0.1, 0.15) is 13.7 Å². The third-order valence-electron chi connectivity index (χ3n) is 2.28. The molecule has 13 heavy (non-hydrogen) atoms. The largest absolute Gasteiger partial charge is 0.390 e. The molecule has 1 aromatic rings. The van der Waals surface area contributed by atoms with Crippen molar-refractivity contribution in [2.45, 2.75) is 13.0 Å². The van der Waals surface area contributed by atoms with Crippen molar-refractivity contribution in [1.29, 1.82) is 0 Å². The summed E-state index contributed by atoms with van der Waals surface area (Å²) in [5.41, 5.74) is 1.37. The van der Waals surface area contributed by atoms with Gasteiger partial charge in [-0.25, -0.2) is 4.98 Å². The molecule has 4 heteroatoms. The molecule has 2 radical (unpaired) electrons. The van der Waals surface area contributed by atoms with Crippen molar-refractivity contribution in [2.24, 2.45) is 0 Å². The number of aliphatic hydroxyl groups is 1. The van der Waals surface area contributed by atoms with Crippen LogP contribution in [0.4, 0.5) is 5.82 Å². The van der Waals surface area contributed by atoms with Crippen LogP contribution in [0.15, 0.2) is 12.1 Å². The molecule has 0 bridgehead atoms. The van der Waals surface area contributed by atoms with Crippen molar-refractivity contribution in [3.63, 3.8) is 0 Å². The summed E-state index contributed by atoms with van der Waals surface area (Å²) in [4.78, 5) is 6.38. The monoisotopic (exact) mass is 174 g/mol. The minimum absolute atomic E-state index is 0.0267. The highest BCUT2D eigenvalue weighted by Gasteiger charge is 2.17. The van der Waals surface area contributed by atoms with Gasteiger partial charge in [-0.05, 0) is 12.5 Å². The molecule has 0 aliphatic carbocycles. The van der Waals surface area contributed by atoms with Gasteiger partial charge in [0.25, 0.3) is 0 Å². The Morgan fingerprint density at radius 3 is 2.77 bits per heavy atom. The van der Waals surface area contributed by atoms with Crippen LogP contribution in [0.2, 0.25) is 0 Å². The van der Waals surface area contributed by atoms with Crippen molar-refractivity contribution >= 4 is 19.1 Å². The molecule has 0 saturated carbocycles. The summed E-state index contributed by atoms with van der Waals surface area (Å²) in [6, 6.07) is 3.55. The first-order valence-electron chi connectivity index (χ1n) is 4.42. The van der Waals surface area contributed by atoms with Crippen LogP contribution < -0.4 is 10.4 Å². The average Bonchev–Trinajstić information content (AvgIpc) is 2.06. The molecule has 0 spiro atoms. The number of hydrogen-bond acceptors (Lipinski definition) is 3. The summed E-state index contributed by atoms with van der Waals surface area (Å²) in [6.07, 6.45) is 1.20. The predicted molar refractivity (Wildman–Crippen MR) is 52.4 cm³/mol. The number of hydrogen-bond donors (Lipinski definition) is 1. The zero-order chi connectivity index (χ0) is 9.26. The van der Waals surface area contributed by atoms with Crippen LogP contribution in [0.1, 0.15) is 12.1 Å². The summed E-state index contributed by atoms with van der Waals surface area (Å²) in [7, 11) is 5.77. The number of aliphatic hydroxyl groups excluding tert-OH is 1. The van der Waals surface area contributed by atoms with E-state index >= 15 is 0 Å². The fourth-order valence-corrected chi connectivity index (χ4v) is 1.37. The first-order chi connectivity index (χ1) is 6.31. The molecule has 2 heterocycles. The third kappa shape index (κ3) is 1.54. The van der Waals surface area contributed by atoms with E-state index in [-0.39, 0.29) is 6.61 Å². The molecule has 1 aromatic heterocycles. The van der Waals surface area contributed by atoms with Gasteiger partial charge in [-0.15, -0.1) is 0 Å². The quantitative estimate of drug-likeness (QED) is 0.618. The highest BCUT2D eigenvalue weighted by molar-refractivity contribution is 6.35. The second-order valence-corrected chi connectivity index (χ2v) is 3.21. The molecule has 1 N–H and O–H groups in total. The van der Waals surface area contributed by atoms with Crippen LogP contribution in [0, 0.1) is 0 Å². The Morgan fingerprint density at radius 1 is 1.46 bits per heavy atom. The van der Waals surface area contributed by atoms with E-state index in [9.17, 15) is 0 Å². The molecule has 0 unspecified atom stereocenters. The first kappa shape index (κ1) is 8.57. The molecule has 0 atom stereocenters. The average molecular weight is 174 g/mol. The van der Waals surface area contributed by atoms with Crippen LogP contribution in [0.3, 0.4) is 0 Å². The number of aromatic nitrogens is 1. The van der Waals surface area contributed by atoms with Gasteiger partial charge in [-0.2, -0.15) is 0 Å². The Labute approximate surface area is 78.8 Å². The van der Waals surface area contributed by atoms with Crippen molar-refractivity contribution in [3.8, 4) is 0 Å². The van der Waals surface area contributed by atoms with E-state index in [0.29, 0.717) is 11.2 Å². The van der Waals surface area contributed by atoms with Crippen LogP contribution in [0.25, 0.3) is 0 Å². The summed E-state index contributed by atoms with van der Waals surface area (Å²) < 4.78 is 0. The van der Waals surface area contributed by atoms with E-state index in [4.69, 9.17) is 13.0 Å². The van der Waals surface area contributed by atoms with E-state index in [1.807, 2.05) is 0 Å². The minimum atomic E-state index is -0.0267. The number of nitrogens with zero attached hydrogens (tertiary/aromatic N) is 2. The Morgan fingerprint density at radius 2 is 2.23 bits per heavy atom. The Balaban J connectivity index is 2.30. The third-order valence-corrected chi connectivity index (χ3v) is 2.28. The predicted octanol–water partition coefficient (Wildman–Crippen LogP) is -0.422. The topological polar surface area (TPSA) is 36.4 Å². The molecule has 1 aliphatic rings. The minimum Gasteiger partial charge on any atom is -0.390 e. The van der Waals surface area contributed by atoms with Crippen LogP contribution in [-0.2, 0) is 6.61 Å². The van der Waals surface area contributed by atoms with E-state index in [1.54, 1.807) is 12.1 Å². The van der Waals surface area contributed by atoms with Gasteiger partial charge in [0.15, 0.2) is 0 Å². The molecule has 0 aromatic carbocycles. The van der Waals surface area contributed by atoms with E-state index < -0.39 is 0 Å². The smallest absolute Gasteiger partial charge is 0.121 e. The number of pyridine rings is 1. The lowest BCUT2D eigenvalue weighted by Crippen LogP contribution is -2.40. The molecule has 1 fully saturated rings. The van der Waals surface area contributed by atoms with Gasteiger partial charge in [0, 0.05) is 13.1 Å². The van der Waals surface area contributed by atoms with Gasteiger partial charge in [0.05, 0.1) is 12.3 Å². The van der Waals surface area contributed by atoms with Gasteiger partial charge < -0.3 is 10.0 Å². The lowest BCUT2D eigenvalue weighted by atomic mass is 9.95. The van der Waals surface area contributed by atoms with Crippen molar-refractivity contribution in [2.75, 3.05) is 18.0 Å². The number of anilines is 1. The highest BCUT2D eigenvalue weighted by atomic mass is 16.3. The van der Waals surface area contributed by atoms with Gasteiger partial charge >= 0.3 is 0 Å². The van der Waals surface area contributed by atoms with Crippen molar-refractivity contribution in [3.05, 3.63) is 17.8 Å². The molecule has 0 amide bonds. The zero-order valence-electron chi connectivity index (χ0n) is 7.40. The standard InChI is InChI=1S/C9H11BN2O/c10-8-3-2-7(6-13)11-9(8)12-4-1-5-12/h2-3,13H,1,4-6H2. The summed E-state index contributed by atoms with van der Waals surface area (Å²) >= 11 is 0. The summed E-state index contributed by atoms with van der Waals surface area (Å²) in [5.74, 6) is 0.817. The maximum atomic E-state index is 8.90. The number of rotatable bonds is 2. The highest BCUT2D eigenvalue weighted by Crippen LogP contribution is 2.15. The Hall–Kier alpha value is -1.03. The molecule has 66 valence electrons.